The minimum Gasteiger partial charge on any atom is -0.377 e. The largest absolute Gasteiger partial charge is 0.502 e. The van der Waals surface area contributed by atoms with E-state index in [0.717, 1.165) is 32.1 Å². The zero-order valence-corrected chi connectivity index (χ0v) is 23.2. The summed E-state index contributed by atoms with van der Waals surface area (Å²) in [5.74, 6) is -1.22. The van der Waals surface area contributed by atoms with Crippen molar-refractivity contribution in [1.29, 1.82) is 0 Å². The maximum Gasteiger partial charge on any atom is 0.502 e. The lowest BCUT2D eigenvalue weighted by Gasteiger charge is -2.44. The molecule has 2 unspecified atom stereocenters. The molecule has 0 saturated heterocycles. The average Bonchev–Trinajstić information content (AvgIpc) is 2.82. The standard InChI is InChI=1S/C24H52O7Si/c1-9-13-14-15-16-17-21-32(26-7,27-8)31-23(25-6)24(29-19-11-3,30-20-12-4)22(5)28-18-10-2/h22-23H,9-21H2,1-8H3. The monoisotopic (exact) mass is 480 g/mol. The number of hydrogen-bond acceptors (Lipinski definition) is 7. The molecule has 0 N–H and O–H groups in total. The smallest absolute Gasteiger partial charge is 0.377 e. The fraction of sp³-hybridized carbons (Fsp3) is 1.00. The normalized spacial score (nSPS) is 14.6. The first-order valence-corrected chi connectivity index (χ1v) is 14.6. The van der Waals surface area contributed by atoms with Gasteiger partial charge in [-0.2, -0.15) is 0 Å². The van der Waals surface area contributed by atoms with E-state index in [4.69, 9.17) is 32.2 Å². The van der Waals surface area contributed by atoms with Gasteiger partial charge < -0.3 is 32.2 Å². The van der Waals surface area contributed by atoms with E-state index in [2.05, 4.69) is 27.7 Å². The van der Waals surface area contributed by atoms with Crippen LogP contribution in [0.5, 0.6) is 0 Å². The average molecular weight is 481 g/mol. The molecule has 0 aromatic heterocycles. The molecule has 0 heterocycles. The molecule has 0 amide bonds. The van der Waals surface area contributed by atoms with Gasteiger partial charge in [0.2, 0.25) is 12.1 Å². The molecule has 7 nitrogen and oxygen atoms in total. The molecule has 32 heavy (non-hydrogen) atoms. The van der Waals surface area contributed by atoms with Gasteiger partial charge in [-0.05, 0) is 32.6 Å². The summed E-state index contributed by atoms with van der Waals surface area (Å²) in [5, 5.41) is 0. The summed E-state index contributed by atoms with van der Waals surface area (Å²) in [7, 11) is 1.90. The lowest BCUT2D eigenvalue weighted by Crippen LogP contribution is -2.62. The molecule has 0 aromatic rings. The summed E-state index contributed by atoms with van der Waals surface area (Å²) in [5.41, 5.74) is 0. The van der Waals surface area contributed by atoms with Crippen molar-refractivity contribution in [2.24, 2.45) is 0 Å². The Morgan fingerprint density at radius 2 is 1.22 bits per heavy atom. The maximum atomic E-state index is 6.52. The molecule has 0 aliphatic heterocycles. The zero-order valence-electron chi connectivity index (χ0n) is 22.2. The first-order valence-electron chi connectivity index (χ1n) is 12.7. The number of methoxy groups -OCH3 is 1. The lowest BCUT2D eigenvalue weighted by atomic mass is 10.1. The van der Waals surface area contributed by atoms with Gasteiger partial charge in [0, 0.05) is 34.0 Å². The Morgan fingerprint density at radius 1 is 0.688 bits per heavy atom. The number of ether oxygens (including phenoxy) is 4. The van der Waals surface area contributed by atoms with E-state index < -0.39 is 27.0 Å². The fourth-order valence-electron chi connectivity index (χ4n) is 3.56. The Bertz CT molecular complexity index is 413. The summed E-state index contributed by atoms with van der Waals surface area (Å²) in [4.78, 5) is 0. The molecule has 0 aliphatic carbocycles. The molecular formula is C24H52O7Si. The predicted molar refractivity (Wildman–Crippen MR) is 131 cm³/mol. The molecule has 8 heteroatoms. The molecule has 0 saturated carbocycles. The van der Waals surface area contributed by atoms with Crippen molar-refractivity contribution in [2.45, 2.75) is 117 Å². The van der Waals surface area contributed by atoms with Gasteiger partial charge in [-0.3, -0.25) is 0 Å². The number of hydrogen-bond donors (Lipinski definition) is 0. The van der Waals surface area contributed by atoms with Crippen LogP contribution in [-0.4, -0.2) is 68.1 Å². The molecule has 0 fully saturated rings. The van der Waals surface area contributed by atoms with Crippen LogP contribution in [0, 0.1) is 0 Å². The summed E-state index contributed by atoms with van der Waals surface area (Å²) in [6.07, 6.45) is 8.42. The van der Waals surface area contributed by atoms with Crippen LogP contribution >= 0.6 is 0 Å². The third-order valence-electron chi connectivity index (χ3n) is 5.49. The van der Waals surface area contributed by atoms with Gasteiger partial charge in [0.05, 0.1) is 13.2 Å². The Kier molecular flexibility index (Phi) is 19.2. The van der Waals surface area contributed by atoms with Crippen molar-refractivity contribution in [1.82, 2.24) is 0 Å². The quantitative estimate of drug-likeness (QED) is 0.102. The van der Waals surface area contributed by atoms with Gasteiger partial charge >= 0.3 is 8.80 Å². The van der Waals surface area contributed by atoms with Gasteiger partial charge in [0.15, 0.2) is 0 Å². The highest BCUT2D eigenvalue weighted by atomic mass is 28.4. The molecule has 194 valence electrons. The van der Waals surface area contributed by atoms with Crippen LogP contribution < -0.4 is 0 Å². The minimum atomic E-state index is -3.00. The van der Waals surface area contributed by atoms with E-state index in [-0.39, 0.29) is 0 Å². The second-order valence-corrected chi connectivity index (χ2v) is 11.1. The van der Waals surface area contributed by atoms with E-state index in [9.17, 15) is 0 Å². The van der Waals surface area contributed by atoms with E-state index in [1.54, 1.807) is 21.3 Å². The topological polar surface area (TPSA) is 64.6 Å². The summed E-state index contributed by atoms with van der Waals surface area (Å²) >= 11 is 0. The minimum absolute atomic E-state index is 0.403. The van der Waals surface area contributed by atoms with Gasteiger partial charge in [-0.1, -0.05) is 59.8 Å². The van der Waals surface area contributed by atoms with E-state index >= 15 is 0 Å². The first-order chi connectivity index (χ1) is 15.5. The highest BCUT2D eigenvalue weighted by Gasteiger charge is 2.54. The number of rotatable bonds is 23. The van der Waals surface area contributed by atoms with Crippen LogP contribution in [0.15, 0.2) is 0 Å². The van der Waals surface area contributed by atoms with Crippen LogP contribution in [0.1, 0.15) is 92.4 Å². The van der Waals surface area contributed by atoms with Crippen molar-refractivity contribution in [3.8, 4) is 0 Å². The lowest BCUT2D eigenvalue weighted by molar-refractivity contribution is -0.369. The third-order valence-corrected chi connectivity index (χ3v) is 8.27. The first kappa shape index (κ1) is 31.9. The van der Waals surface area contributed by atoms with E-state index in [0.29, 0.717) is 25.9 Å². The van der Waals surface area contributed by atoms with Crippen LogP contribution in [0.25, 0.3) is 0 Å². The highest BCUT2D eigenvalue weighted by molar-refractivity contribution is 6.60. The Balaban J connectivity index is 5.65. The second kappa shape index (κ2) is 19.3. The van der Waals surface area contributed by atoms with Gasteiger partial charge in [-0.25, -0.2) is 0 Å². The SMILES string of the molecule is CCCCCCCC[Si](OC)(OC)OC(OC)C(OCCC)(OCCC)C(C)OCCC. The zero-order chi connectivity index (χ0) is 24.3. The van der Waals surface area contributed by atoms with E-state index in [1.165, 1.54) is 25.7 Å². The third kappa shape index (κ3) is 10.9. The van der Waals surface area contributed by atoms with Gasteiger partial charge in [0.1, 0.15) is 6.10 Å². The van der Waals surface area contributed by atoms with Crippen LogP contribution in [-0.2, 0) is 32.2 Å². The molecule has 0 aliphatic rings. The van der Waals surface area contributed by atoms with Crippen molar-refractivity contribution >= 4 is 8.80 Å². The second-order valence-electron chi connectivity index (χ2n) is 8.23. The summed E-state index contributed by atoms with van der Waals surface area (Å²) in [6, 6.07) is 0.716. The summed E-state index contributed by atoms with van der Waals surface area (Å²) < 4.78 is 42.8. The maximum absolute atomic E-state index is 6.52. The van der Waals surface area contributed by atoms with Crippen molar-refractivity contribution in [3.05, 3.63) is 0 Å². The Morgan fingerprint density at radius 3 is 1.69 bits per heavy atom. The number of unbranched alkanes of at least 4 members (excludes halogenated alkanes) is 5. The van der Waals surface area contributed by atoms with Crippen LogP contribution in [0.4, 0.5) is 0 Å². The molecule has 2 atom stereocenters. The highest BCUT2D eigenvalue weighted by Crippen LogP contribution is 2.33. The van der Waals surface area contributed by atoms with E-state index in [1.807, 2.05) is 6.92 Å². The molecule has 0 bridgehead atoms. The van der Waals surface area contributed by atoms with Crippen LogP contribution in [0.2, 0.25) is 6.04 Å². The van der Waals surface area contributed by atoms with Crippen molar-refractivity contribution in [2.75, 3.05) is 41.2 Å². The molecule has 0 radical (unpaired) electrons. The molecule has 0 rings (SSSR count). The molecule has 0 spiro atoms. The molecular weight excluding hydrogens is 428 g/mol. The van der Waals surface area contributed by atoms with Crippen molar-refractivity contribution in [3.63, 3.8) is 0 Å². The van der Waals surface area contributed by atoms with Gasteiger partial charge in [-0.15, -0.1) is 0 Å². The predicted octanol–water partition coefficient (Wildman–Crippen LogP) is 5.93. The van der Waals surface area contributed by atoms with Gasteiger partial charge in [0.25, 0.3) is 0 Å². The molecule has 0 aromatic carbocycles. The fourth-order valence-corrected chi connectivity index (χ4v) is 5.71. The van der Waals surface area contributed by atoms with Crippen molar-refractivity contribution < 1.29 is 32.2 Å². The Hall–Kier alpha value is -0.0631. The van der Waals surface area contributed by atoms with Crippen LogP contribution in [0.3, 0.4) is 0 Å². The Labute approximate surface area is 199 Å². The summed E-state index contributed by atoms with van der Waals surface area (Å²) in [6.45, 7) is 12.0.